The molecule has 0 radical (unpaired) electrons. The predicted molar refractivity (Wildman–Crippen MR) is 73.3 cm³/mol. The Morgan fingerprint density at radius 3 is 2.43 bits per heavy atom. The Morgan fingerprint density at radius 1 is 1.24 bits per heavy atom. The van der Waals surface area contributed by atoms with Crippen molar-refractivity contribution in [2.45, 2.75) is 19.3 Å². The summed E-state index contributed by atoms with van der Waals surface area (Å²) in [6.45, 7) is 1.75. The number of rotatable bonds is 4. The largest absolute Gasteiger partial charge is 0.573 e. The molecule has 0 aliphatic carbocycles. The number of hydrogen-bond acceptors (Lipinski definition) is 3. The van der Waals surface area contributed by atoms with Crippen molar-refractivity contribution in [2.75, 3.05) is 0 Å². The molecule has 0 bridgehead atoms. The first-order chi connectivity index (χ1) is 9.85. The lowest BCUT2D eigenvalue weighted by atomic mass is 10.1. The van der Waals surface area contributed by atoms with Gasteiger partial charge < -0.3 is 10.1 Å². The highest BCUT2D eigenvalue weighted by molar-refractivity contribution is 7.08. The summed E-state index contributed by atoms with van der Waals surface area (Å²) in [6, 6.07) is 6.79. The Hall–Kier alpha value is -2.02. The SMILES string of the molecule is CC(NC(=O)c1ccsc1)c1ccc(OC(F)(F)F)cc1. The molecule has 0 saturated heterocycles. The zero-order valence-electron chi connectivity index (χ0n) is 11.0. The Labute approximate surface area is 123 Å². The van der Waals surface area contributed by atoms with E-state index in [1.807, 2.05) is 0 Å². The van der Waals surface area contributed by atoms with Crippen LogP contribution in [-0.2, 0) is 0 Å². The van der Waals surface area contributed by atoms with E-state index >= 15 is 0 Å². The highest BCUT2D eigenvalue weighted by Crippen LogP contribution is 2.24. The van der Waals surface area contributed by atoms with Crippen LogP contribution < -0.4 is 10.1 Å². The van der Waals surface area contributed by atoms with Gasteiger partial charge in [-0.2, -0.15) is 11.3 Å². The van der Waals surface area contributed by atoms with Crippen LogP contribution in [0.4, 0.5) is 13.2 Å². The number of alkyl halides is 3. The molecular weight excluding hydrogens is 303 g/mol. The molecule has 1 unspecified atom stereocenters. The van der Waals surface area contributed by atoms with Crippen LogP contribution in [0, 0.1) is 0 Å². The van der Waals surface area contributed by atoms with Crippen molar-refractivity contribution in [2.24, 2.45) is 0 Å². The average molecular weight is 315 g/mol. The molecule has 0 spiro atoms. The summed E-state index contributed by atoms with van der Waals surface area (Å²) in [5.41, 5.74) is 1.25. The Balaban J connectivity index is 2.00. The highest BCUT2D eigenvalue weighted by atomic mass is 32.1. The summed E-state index contributed by atoms with van der Waals surface area (Å²) in [4.78, 5) is 11.9. The molecule has 21 heavy (non-hydrogen) atoms. The van der Waals surface area contributed by atoms with Gasteiger partial charge in [-0.25, -0.2) is 0 Å². The van der Waals surface area contributed by atoms with Crippen molar-refractivity contribution < 1.29 is 22.7 Å². The zero-order valence-corrected chi connectivity index (χ0v) is 11.8. The van der Waals surface area contributed by atoms with Gasteiger partial charge in [-0.05, 0) is 36.1 Å². The van der Waals surface area contributed by atoms with E-state index < -0.39 is 6.36 Å². The number of hydrogen-bond donors (Lipinski definition) is 1. The summed E-state index contributed by atoms with van der Waals surface area (Å²) >= 11 is 1.41. The van der Waals surface area contributed by atoms with E-state index in [0.717, 1.165) is 0 Å². The van der Waals surface area contributed by atoms with E-state index in [9.17, 15) is 18.0 Å². The smallest absolute Gasteiger partial charge is 0.406 e. The van der Waals surface area contributed by atoms with E-state index in [-0.39, 0.29) is 17.7 Å². The monoisotopic (exact) mass is 315 g/mol. The third-order valence-corrected chi connectivity index (χ3v) is 3.43. The minimum atomic E-state index is -4.71. The first-order valence-corrected chi connectivity index (χ1v) is 6.98. The average Bonchev–Trinajstić information content (AvgIpc) is 2.91. The fraction of sp³-hybridized carbons (Fsp3) is 0.214. The molecule has 1 heterocycles. The van der Waals surface area contributed by atoms with Crippen LogP contribution in [0.25, 0.3) is 0 Å². The molecule has 7 heteroatoms. The molecule has 112 valence electrons. The van der Waals surface area contributed by atoms with Gasteiger partial charge in [0.15, 0.2) is 0 Å². The van der Waals surface area contributed by atoms with Crippen molar-refractivity contribution in [1.82, 2.24) is 5.32 Å². The van der Waals surface area contributed by atoms with E-state index in [1.165, 1.54) is 35.6 Å². The van der Waals surface area contributed by atoms with Crippen molar-refractivity contribution in [1.29, 1.82) is 0 Å². The summed E-state index contributed by atoms with van der Waals surface area (Å²) in [5.74, 6) is -0.512. The van der Waals surface area contributed by atoms with Crippen LogP contribution in [0.5, 0.6) is 5.75 Å². The molecule has 2 rings (SSSR count). The van der Waals surface area contributed by atoms with Crippen molar-refractivity contribution >= 4 is 17.2 Å². The molecule has 0 saturated carbocycles. The van der Waals surface area contributed by atoms with Crippen LogP contribution in [0.2, 0.25) is 0 Å². The van der Waals surface area contributed by atoms with Gasteiger partial charge in [0.2, 0.25) is 0 Å². The fourth-order valence-electron chi connectivity index (χ4n) is 1.72. The van der Waals surface area contributed by atoms with E-state index in [4.69, 9.17) is 0 Å². The maximum absolute atomic E-state index is 12.1. The van der Waals surface area contributed by atoms with Gasteiger partial charge in [-0.1, -0.05) is 12.1 Å². The van der Waals surface area contributed by atoms with Gasteiger partial charge in [0.25, 0.3) is 5.91 Å². The van der Waals surface area contributed by atoms with Crippen LogP contribution in [0.15, 0.2) is 41.1 Å². The molecule has 1 N–H and O–H groups in total. The Bertz CT molecular complexity index is 594. The number of carbonyl (C=O) groups is 1. The second kappa shape index (κ2) is 6.17. The number of halogens is 3. The maximum atomic E-state index is 12.1. The lowest BCUT2D eigenvalue weighted by molar-refractivity contribution is -0.274. The Kier molecular flexibility index (Phi) is 4.52. The predicted octanol–water partition coefficient (Wildman–Crippen LogP) is 4.14. The van der Waals surface area contributed by atoms with Gasteiger partial charge in [-0.3, -0.25) is 4.79 Å². The summed E-state index contributed by atoms with van der Waals surface area (Å²) < 4.78 is 39.9. The number of carbonyl (C=O) groups excluding carboxylic acids is 1. The first kappa shape index (κ1) is 15.4. The number of benzene rings is 1. The van der Waals surface area contributed by atoms with Crippen LogP contribution >= 0.6 is 11.3 Å². The second-order valence-corrected chi connectivity index (χ2v) is 5.10. The van der Waals surface area contributed by atoms with Gasteiger partial charge in [0.05, 0.1) is 11.6 Å². The van der Waals surface area contributed by atoms with E-state index in [2.05, 4.69) is 10.1 Å². The topological polar surface area (TPSA) is 38.3 Å². The van der Waals surface area contributed by atoms with Gasteiger partial charge in [0, 0.05) is 5.38 Å². The molecule has 3 nitrogen and oxygen atoms in total. The molecule has 0 aliphatic rings. The summed E-state index contributed by atoms with van der Waals surface area (Å²) in [6.07, 6.45) is -4.71. The minimum Gasteiger partial charge on any atom is -0.406 e. The molecule has 0 aliphatic heterocycles. The minimum absolute atomic E-state index is 0.223. The molecule has 1 amide bonds. The van der Waals surface area contributed by atoms with Crippen LogP contribution in [0.3, 0.4) is 0 Å². The van der Waals surface area contributed by atoms with Crippen LogP contribution in [-0.4, -0.2) is 12.3 Å². The molecule has 2 aromatic rings. The van der Waals surface area contributed by atoms with E-state index in [0.29, 0.717) is 11.1 Å². The Morgan fingerprint density at radius 2 is 1.90 bits per heavy atom. The number of thiophene rings is 1. The second-order valence-electron chi connectivity index (χ2n) is 4.32. The lowest BCUT2D eigenvalue weighted by Crippen LogP contribution is -2.26. The molecular formula is C14H12F3NO2S. The number of amides is 1. The van der Waals surface area contributed by atoms with E-state index in [1.54, 1.807) is 23.8 Å². The summed E-state index contributed by atoms with van der Waals surface area (Å²) in [5, 5.41) is 6.29. The molecule has 0 fully saturated rings. The maximum Gasteiger partial charge on any atom is 0.573 e. The zero-order chi connectivity index (χ0) is 15.5. The lowest BCUT2D eigenvalue weighted by Gasteiger charge is -2.15. The van der Waals surface area contributed by atoms with Gasteiger partial charge in [0.1, 0.15) is 5.75 Å². The first-order valence-electron chi connectivity index (χ1n) is 6.04. The fourth-order valence-corrected chi connectivity index (χ4v) is 2.35. The van der Waals surface area contributed by atoms with Gasteiger partial charge in [-0.15, -0.1) is 13.2 Å². The number of nitrogens with one attached hydrogen (secondary N) is 1. The van der Waals surface area contributed by atoms with Crippen LogP contribution in [0.1, 0.15) is 28.9 Å². The van der Waals surface area contributed by atoms with Crippen molar-refractivity contribution in [3.05, 3.63) is 52.2 Å². The molecule has 1 atom stereocenters. The molecule has 1 aromatic heterocycles. The third-order valence-electron chi connectivity index (χ3n) is 2.74. The highest BCUT2D eigenvalue weighted by Gasteiger charge is 2.31. The van der Waals surface area contributed by atoms with Crippen molar-refractivity contribution in [3.63, 3.8) is 0 Å². The van der Waals surface area contributed by atoms with Crippen molar-refractivity contribution in [3.8, 4) is 5.75 Å². The standard InChI is InChI=1S/C14H12F3NO2S/c1-9(18-13(19)11-6-7-21-8-11)10-2-4-12(5-3-10)20-14(15,16)17/h2-9H,1H3,(H,18,19). The summed E-state index contributed by atoms with van der Waals surface area (Å²) in [7, 11) is 0. The quantitative estimate of drug-likeness (QED) is 0.921. The third kappa shape index (κ3) is 4.49. The number of ether oxygens (including phenoxy) is 1. The molecule has 1 aromatic carbocycles. The normalized spacial score (nSPS) is 12.8. The van der Waals surface area contributed by atoms with Gasteiger partial charge >= 0.3 is 6.36 Å².